The van der Waals surface area contributed by atoms with E-state index in [4.69, 9.17) is 0 Å². The number of hydrogen-bond acceptors (Lipinski definition) is 2. The maximum absolute atomic E-state index is 10.6. The van der Waals surface area contributed by atoms with Crippen LogP contribution in [0.4, 0.5) is 4.79 Å². The van der Waals surface area contributed by atoms with Gasteiger partial charge in [-0.05, 0) is 31.0 Å². The molecular weight excluding hydrogens is 270 g/mol. The fraction of sp³-hybridized carbons (Fsp3) is 0.273. The van der Waals surface area contributed by atoms with E-state index in [1.54, 1.807) is 0 Å². The first-order valence-electron chi connectivity index (χ1n) is 5.04. The van der Waals surface area contributed by atoms with Crippen LogP contribution in [-0.4, -0.2) is 21.3 Å². The second-order valence-electron chi connectivity index (χ2n) is 3.62. The lowest BCUT2D eigenvalue weighted by atomic mass is 10.1. The van der Waals surface area contributed by atoms with Crippen molar-refractivity contribution in [3.05, 3.63) is 29.6 Å². The molecule has 0 aliphatic rings. The molecular formula is C11H12BrN3O. The van der Waals surface area contributed by atoms with E-state index in [0.29, 0.717) is 6.54 Å². The highest BCUT2D eigenvalue weighted by atomic mass is 79.9. The molecule has 0 aliphatic heterocycles. The van der Waals surface area contributed by atoms with Gasteiger partial charge in [0.25, 0.3) is 4.82 Å². The van der Waals surface area contributed by atoms with Gasteiger partial charge in [-0.3, -0.25) is 4.79 Å². The summed E-state index contributed by atoms with van der Waals surface area (Å²) in [5.74, 6) is 0.918. The third kappa shape index (κ3) is 2.61. The molecule has 0 fully saturated rings. The largest absolute Gasteiger partial charge is 0.346 e. The zero-order chi connectivity index (χ0) is 11.5. The van der Waals surface area contributed by atoms with E-state index in [1.807, 2.05) is 19.1 Å². The summed E-state index contributed by atoms with van der Waals surface area (Å²) in [6.45, 7) is 2.56. The van der Waals surface area contributed by atoms with Crippen molar-refractivity contribution in [3.8, 4) is 0 Å². The monoisotopic (exact) mass is 281 g/mol. The lowest BCUT2D eigenvalue weighted by molar-refractivity contribution is 0.262. The molecule has 0 atom stereocenters. The molecule has 0 unspecified atom stereocenters. The lowest BCUT2D eigenvalue weighted by Gasteiger charge is -2.01. The molecule has 5 heteroatoms. The number of carbonyl (C=O) groups excluding carboxylic acids is 1. The van der Waals surface area contributed by atoms with E-state index in [9.17, 15) is 4.79 Å². The Balaban J connectivity index is 2.10. The van der Waals surface area contributed by atoms with Gasteiger partial charge in [0.2, 0.25) is 0 Å². The minimum atomic E-state index is -0.175. The number of nitrogens with one attached hydrogen (secondary N) is 2. The first kappa shape index (κ1) is 11.1. The maximum atomic E-state index is 10.6. The highest BCUT2D eigenvalue weighted by molar-refractivity contribution is 9.18. The van der Waals surface area contributed by atoms with Crippen molar-refractivity contribution in [2.45, 2.75) is 13.3 Å². The van der Waals surface area contributed by atoms with Crippen molar-refractivity contribution in [1.29, 1.82) is 0 Å². The third-order valence-corrected chi connectivity index (χ3v) is 2.62. The Morgan fingerprint density at radius 2 is 2.38 bits per heavy atom. The van der Waals surface area contributed by atoms with Gasteiger partial charge >= 0.3 is 0 Å². The molecule has 1 aromatic carbocycles. The second-order valence-corrected chi connectivity index (χ2v) is 4.34. The van der Waals surface area contributed by atoms with Crippen molar-refractivity contribution in [3.63, 3.8) is 0 Å². The first-order valence-corrected chi connectivity index (χ1v) is 5.83. The number of aromatic amines is 1. The number of carbonyl (C=O) groups is 1. The Morgan fingerprint density at radius 3 is 3.12 bits per heavy atom. The highest BCUT2D eigenvalue weighted by Gasteiger charge is 2.01. The average molecular weight is 282 g/mol. The SMILES string of the molecule is Cc1nc2ccc(CCNC(=O)Br)cc2[nH]1. The van der Waals surface area contributed by atoms with Gasteiger partial charge < -0.3 is 10.3 Å². The topological polar surface area (TPSA) is 57.8 Å². The summed E-state index contributed by atoms with van der Waals surface area (Å²) in [4.78, 5) is 18.0. The third-order valence-electron chi connectivity index (χ3n) is 2.34. The fourth-order valence-electron chi connectivity index (χ4n) is 1.64. The highest BCUT2D eigenvalue weighted by Crippen LogP contribution is 2.13. The quantitative estimate of drug-likeness (QED) is 0.671. The number of H-pyrrole nitrogens is 1. The van der Waals surface area contributed by atoms with E-state index < -0.39 is 0 Å². The number of benzene rings is 1. The Labute approximate surface area is 102 Å². The Hall–Kier alpha value is -1.36. The zero-order valence-corrected chi connectivity index (χ0v) is 10.5. The van der Waals surface area contributed by atoms with Crippen LogP contribution in [0.2, 0.25) is 0 Å². The minimum Gasteiger partial charge on any atom is -0.346 e. The van der Waals surface area contributed by atoms with E-state index in [-0.39, 0.29) is 4.82 Å². The van der Waals surface area contributed by atoms with Gasteiger partial charge in [-0.15, -0.1) is 0 Å². The van der Waals surface area contributed by atoms with E-state index in [2.05, 4.69) is 37.3 Å². The minimum absolute atomic E-state index is 0.175. The summed E-state index contributed by atoms with van der Waals surface area (Å²) in [5, 5.41) is 2.70. The molecule has 2 N–H and O–H groups in total. The summed E-state index contributed by atoms with van der Waals surface area (Å²) >= 11 is 2.82. The van der Waals surface area contributed by atoms with Crippen LogP contribution in [0.25, 0.3) is 11.0 Å². The molecule has 84 valence electrons. The van der Waals surface area contributed by atoms with Crippen LogP contribution in [0.3, 0.4) is 0 Å². The second kappa shape index (κ2) is 4.65. The lowest BCUT2D eigenvalue weighted by Crippen LogP contribution is -2.18. The molecule has 0 bridgehead atoms. The molecule has 1 heterocycles. The molecule has 2 rings (SSSR count). The van der Waals surface area contributed by atoms with Gasteiger partial charge in [0.15, 0.2) is 0 Å². The number of halogens is 1. The molecule has 1 amide bonds. The Kier molecular flexibility index (Phi) is 3.24. The van der Waals surface area contributed by atoms with Crippen molar-refractivity contribution < 1.29 is 4.79 Å². The number of aryl methyl sites for hydroxylation is 1. The Morgan fingerprint density at radius 1 is 1.56 bits per heavy atom. The standard InChI is InChI=1S/C11H12BrN3O/c1-7-14-9-3-2-8(6-10(9)15-7)4-5-13-11(12)16/h2-3,6H,4-5H2,1H3,(H,13,16)(H,14,15). The summed E-state index contributed by atoms with van der Waals surface area (Å²) in [6.07, 6.45) is 0.811. The number of imidazole rings is 1. The van der Waals surface area contributed by atoms with Gasteiger partial charge in [-0.2, -0.15) is 0 Å². The molecule has 1 aromatic heterocycles. The molecule has 0 saturated heterocycles. The van der Waals surface area contributed by atoms with Crippen molar-refractivity contribution >= 4 is 31.8 Å². The molecule has 2 aromatic rings. The summed E-state index contributed by atoms with van der Waals surface area (Å²) < 4.78 is 0. The first-order chi connectivity index (χ1) is 7.65. The molecule has 0 aliphatic carbocycles. The predicted molar refractivity (Wildman–Crippen MR) is 66.9 cm³/mol. The smallest absolute Gasteiger partial charge is 0.287 e. The molecule has 4 nitrogen and oxygen atoms in total. The van der Waals surface area contributed by atoms with Gasteiger partial charge in [-0.1, -0.05) is 6.07 Å². The normalized spacial score (nSPS) is 10.6. The van der Waals surface area contributed by atoms with Crippen LogP contribution >= 0.6 is 15.9 Å². The summed E-state index contributed by atoms with van der Waals surface area (Å²) in [6, 6.07) is 6.09. The van der Waals surface area contributed by atoms with E-state index in [0.717, 1.165) is 23.3 Å². The van der Waals surface area contributed by atoms with Gasteiger partial charge in [-0.25, -0.2) is 4.98 Å². The average Bonchev–Trinajstić information content (AvgIpc) is 2.56. The van der Waals surface area contributed by atoms with Crippen LogP contribution in [0.1, 0.15) is 11.4 Å². The number of nitrogens with zero attached hydrogens (tertiary/aromatic N) is 1. The van der Waals surface area contributed by atoms with Gasteiger partial charge in [0.1, 0.15) is 5.82 Å². The van der Waals surface area contributed by atoms with Gasteiger partial charge in [0.05, 0.1) is 11.0 Å². The molecule has 16 heavy (non-hydrogen) atoms. The van der Waals surface area contributed by atoms with Crippen LogP contribution in [-0.2, 0) is 6.42 Å². The number of hydrogen-bond donors (Lipinski definition) is 2. The molecule has 0 radical (unpaired) electrons. The molecule has 0 spiro atoms. The number of fused-ring (bicyclic) bond motifs is 1. The molecule has 0 saturated carbocycles. The number of amides is 1. The maximum Gasteiger partial charge on any atom is 0.287 e. The van der Waals surface area contributed by atoms with Gasteiger partial charge in [0, 0.05) is 22.5 Å². The predicted octanol–water partition coefficient (Wildman–Crippen LogP) is 2.52. The van der Waals surface area contributed by atoms with Crippen molar-refractivity contribution in [2.75, 3.05) is 6.54 Å². The van der Waals surface area contributed by atoms with Crippen molar-refractivity contribution in [2.24, 2.45) is 0 Å². The van der Waals surface area contributed by atoms with Crippen molar-refractivity contribution in [1.82, 2.24) is 15.3 Å². The van der Waals surface area contributed by atoms with Crippen LogP contribution in [0, 0.1) is 6.92 Å². The number of rotatable bonds is 3. The van der Waals surface area contributed by atoms with Crippen LogP contribution < -0.4 is 5.32 Å². The summed E-state index contributed by atoms with van der Waals surface area (Å²) in [7, 11) is 0. The Bertz CT molecular complexity index is 521. The number of aromatic nitrogens is 2. The van der Waals surface area contributed by atoms with Crippen LogP contribution in [0.5, 0.6) is 0 Å². The van der Waals surface area contributed by atoms with E-state index >= 15 is 0 Å². The zero-order valence-electron chi connectivity index (χ0n) is 8.88. The fourth-order valence-corrected chi connectivity index (χ4v) is 1.84. The summed E-state index contributed by atoms with van der Waals surface area (Å²) in [5.41, 5.74) is 3.20. The van der Waals surface area contributed by atoms with Crippen LogP contribution in [0.15, 0.2) is 18.2 Å². The van der Waals surface area contributed by atoms with E-state index in [1.165, 1.54) is 5.56 Å².